The first kappa shape index (κ1) is 22.0. The zero-order valence-corrected chi connectivity index (χ0v) is 20.4. The summed E-state index contributed by atoms with van der Waals surface area (Å²) in [6.07, 6.45) is 4.76. The quantitative estimate of drug-likeness (QED) is 0.195. The molecule has 2 rings (SSSR count). The average Bonchev–Trinajstić information content (AvgIpc) is 2.93. The summed E-state index contributed by atoms with van der Waals surface area (Å²) in [5.41, 5.74) is 0.825. The zero-order chi connectivity index (χ0) is 19.4. The van der Waals surface area contributed by atoms with Gasteiger partial charge in [0.1, 0.15) is 5.60 Å². The van der Waals surface area contributed by atoms with Gasteiger partial charge in [0.25, 0.3) is 0 Å². The van der Waals surface area contributed by atoms with Crippen molar-refractivity contribution in [3.05, 3.63) is 35.9 Å². The normalized spacial score (nSPS) is 23.8. The van der Waals surface area contributed by atoms with Crippen LogP contribution in [0.5, 0.6) is 0 Å². The van der Waals surface area contributed by atoms with Crippen molar-refractivity contribution < 1.29 is 4.43 Å². The van der Waals surface area contributed by atoms with Crippen LogP contribution in [-0.4, -0.2) is 19.1 Å². The van der Waals surface area contributed by atoms with E-state index >= 15 is 0 Å². The van der Waals surface area contributed by atoms with Gasteiger partial charge >= 0.3 is 0 Å². The molecule has 143 valence electrons. The van der Waals surface area contributed by atoms with E-state index in [-0.39, 0.29) is 15.7 Å². The summed E-state index contributed by atoms with van der Waals surface area (Å²) in [5, 5.41) is 0.365. The van der Waals surface area contributed by atoms with Crippen molar-refractivity contribution in [2.45, 2.75) is 82.9 Å². The molecule has 3 heteroatoms. The molecule has 0 aliphatic heterocycles. The lowest BCUT2D eigenvalue weighted by Crippen LogP contribution is -2.48. The number of alkyl halides is 1. The van der Waals surface area contributed by atoms with Crippen LogP contribution in [0.2, 0.25) is 10.1 Å². The summed E-state index contributed by atoms with van der Waals surface area (Å²) in [6, 6.07) is 10.4. The monoisotopic (exact) mass is 481 g/mol. The summed E-state index contributed by atoms with van der Waals surface area (Å²) in [6.45, 7) is 14.0. The fourth-order valence-electron chi connectivity index (χ4n) is 4.19. The van der Waals surface area contributed by atoms with Crippen LogP contribution in [0.3, 0.4) is 0 Å². The standard InChI is InChI=1S/C23H34IOSi/c1-21(2,3)26(22(4,5)6)25-23(16-10-13-20(23)15-18-24)17-14-19-11-8-7-9-12-19/h7-9,11-12,20H,10,13,15-16,18H2,1-6H3/t20-,23-/m0/s1. The summed E-state index contributed by atoms with van der Waals surface area (Å²) >= 11 is 2.50. The Morgan fingerprint density at radius 2 is 1.73 bits per heavy atom. The van der Waals surface area contributed by atoms with Crippen molar-refractivity contribution in [1.82, 2.24) is 0 Å². The fraction of sp³-hybridized carbons (Fsp3) is 0.652. The molecule has 26 heavy (non-hydrogen) atoms. The molecular formula is C23H34IOSi. The van der Waals surface area contributed by atoms with E-state index in [0.29, 0.717) is 5.92 Å². The second-order valence-electron chi connectivity index (χ2n) is 9.50. The largest absolute Gasteiger partial charge is 0.399 e. The van der Waals surface area contributed by atoms with Gasteiger partial charge in [0.15, 0.2) is 0 Å². The van der Waals surface area contributed by atoms with E-state index in [2.05, 4.69) is 100 Å². The molecule has 1 aromatic carbocycles. The van der Waals surface area contributed by atoms with Crippen molar-refractivity contribution in [3.63, 3.8) is 0 Å². The van der Waals surface area contributed by atoms with Gasteiger partial charge in [-0.25, -0.2) is 0 Å². The van der Waals surface area contributed by atoms with E-state index in [1.165, 1.54) is 23.7 Å². The highest BCUT2D eigenvalue weighted by molar-refractivity contribution is 14.1. The number of hydrogen-bond acceptors (Lipinski definition) is 1. The first-order valence-corrected chi connectivity index (χ1v) is 12.7. The molecule has 2 atom stereocenters. The third-order valence-corrected chi connectivity index (χ3v) is 8.97. The number of benzene rings is 1. The molecule has 1 radical (unpaired) electrons. The second-order valence-corrected chi connectivity index (χ2v) is 14.4. The molecule has 1 nitrogen and oxygen atoms in total. The van der Waals surface area contributed by atoms with Gasteiger partial charge in [0.05, 0.1) is 0 Å². The minimum Gasteiger partial charge on any atom is -0.399 e. The molecular weight excluding hydrogens is 447 g/mol. The smallest absolute Gasteiger partial charge is 0.224 e. The molecule has 1 aromatic rings. The van der Waals surface area contributed by atoms with Gasteiger partial charge in [-0.05, 0) is 58.2 Å². The average molecular weight is 482 g/mol. The fourth-order valence-corrected chi connectivity index (χ4v) is 8.49. The van der Waals surface area contributed by atoms with E-state index in [4.69, 9.17) is 4.43 Å². The number of rotatable bonds is 4. The second kappa shape index (κ2) is 8.79. The van der Waals surface area contributed by atoms with Crippen LogP contribution < -0.4 is 0 Å². The molecule has 0 spiro atoms. The number of hydrogen-bond donors (Lipinski definition) is 0. The molecule has 0 aromatic heterocycles. The summed E-state index contributed by atoms with van der Waals surface area (Å²) in [5.74, 6) is 7.69. The maximum absolute atomic E-state index is 7.14. The van der Waals surface area contributed by atoms with Gasteiger partial charge in [-0.2, -0.15) is 0 Å². The molecule has 1 aliphatic rings. The molecule has 1 aliphatic carbocycles. The topological polar surface area (TPSA) is 9.23 Å². The molecule has 1 saturated carbocycles. The summed E-state index contributed by atoms with van der Waals surface area (Å²) in [4.78, 5) is 0. The third kappa shape index (κ3) is 5.59. The van der Waals surface area contributed by atoms with Crippen molar-refractivity contribution in [1.29, 1.82) is 0 Å². The van der Waals surface area contributed by atoms with Crippen LogP contribution in [-0.2, 0) is 4.43 Å². The van der Waals surface area contributed by atoms with Gasteiger partial charge in [-0.15, -0.1) is 0 Å². The predicted molar refractivity (Wildman–Crippen MR) is 123 cm³/mol. The van der Waals surface area contributed by atoms with Crippen LogP contribution in [0.15, 0.2) is 30.3 Å². The molecule has 1 fully saturated rings. The Hall–Kier alpha value is -0.313. The summed E-state index contributed by atoms with van der Waals surface area (Å²) < 4.78 is 8.31. The van der Waals surface area contributed by atoms with Crippen molar-refractivity contribution in [2.75, 3.05) is 4.43 Å². The van der Waals surface area contributed by atoms with Gasteiger partial charge in [0.2, 0.25) is 9.04 Å². The summed E-state index contributed by atoms with van der Waals surface area (Å²) in [7, 11) is -1.07. The van der Waals surface area contributed by atoms with Gasteiger partial charge < -0.3 is 4.43 Å². The van der Waals surface area contributed by atoms with Crippen molar-refractivity contribution in [2.24, 2.45) is 5.92 Å². The minimum atomic E-state index is -1.07. The molecule has 0 saturated heterocycles. The van der Waals surface area contributed by atoms with E-state index < -0.39 is 9.04 Å². The van der Waals surface area contributed by atoms with Crippen molar-refractivity contribution >= 4 is 31.6 Å². The Kier molecular flexibility index (Phi) is 7.43. The Morgan fingerprint density at radius 1 is 1.12 bits per heavy atom. The molecule has 0 amide bonds. The number of halogens is 1. The maximum atomic E-state index is 7.14. The molecule has 0 N–H and O–H groups in total. The maximum Gasteiger partial charge on any atom is 0.224 e. The minimum absolute atomic E-state index is 0.182. The van der Waals surface area contributed by atoms with Crippen molar-refractivity contribution in [3.8, 4) is 11.8 Å². The first-order chi connectivity index (χ1) is 12.1. The van der Waals surface area contributed by atoms with Crippen LogP contribution >= 0.6 is 22.6 Å². The van der Waals surface area contributed by atoms with Crippen LogP contribution in [0.1, 0.15) is 72.8 Å². The highest BCUT2D eigenvalue weighted by Gasteiger charge is 2.49. The van der Waals surface area contributed by atoms with Crippen LogP contribution in [0, 0.1) is 17.8 Å². The Bertz CT molecular complexity index is 618. The Labute approximate surface area is 176 Å². The van der Waals surface area contributed by atoms with E-state index in [1.54, 1.807) is 0 Å². The third-order valence-electron chi connectivity index (χ3n) is 5.06. The lowest BCUT2D eigenvalue weighted by molar-refractivity contribution is 0.0722. The van der Waals surface area contributed by atoms with Gasteiger partial charge in [-0.3, -0.25) is 0 Å². The van der Waals surface area contributed by atoms with E-state index in [9.17, 15) is 0 Å². The predicted octanol–water partition coefficient (Wildman–Crippen LogP) is 7.01. The lowest BCUT2D eigenvalue weighted by Gasteiger charge is -2.44. The van der Waals surface area contributed by atoms with E-state index in [0.717, 1.165) is 12.0 Å². The van der Waals surface area contributed by atoms with Gasteiger partial charge in [0, 0.05) is 5.56 Å². The SMILES string of the molecule is CC(C)(C)[Si](O[C@]1(C#Cc2ccccc2)CCC[C@H]1CCI)C(C)(C)C. The highest BCUT2D eigenvalue weighted by Crippen LogP contribution is 2.49. The highest BCUT2D eigenvalue weighted by atomic mass is 127. The van der Waals surface area contributed by atoms with Crippen LogP contribution in [0.25, 0.3) is 0 Å². The Morgan fingerprint density at radius 3 is 2.27 bits per heavy atom. The zero-order valence-electron chi connectivity index (χ0n) is 17.3. The molecule has 0 unspecified atom stereocenters. The first-order valence-electron chi connectivity index (χ1n) is 9.79. The van der Waals surface area contributed by atoms with E-state index in [1.807, 2.05) is 6.07 Å². The van der Waals surface area contributed by atoms with Gasteiger partial charge in [-0.1, -0.05) is 94.2 Å². The lowest BCUT2D eigenvalue weighted by atomic mass is 9.89. The van der Waals surface area contributed by atoms with Crippen LogP contribution in [0.4, 0.5) is 0 Å². The molecule has 0 bridgehead atoms. The Balaban J connectivity index is 2.43. The molecule has 0 heterocycles.